The van der Waals surface area contributed by atoms with Crippen LogP contribution >= 0.6 is 11.3 Å². The maximum atomic E-state index is 12.8. The summed E-state index contributed by atoms with van der Waals surface area (Å²) in [5, 5.41) is 0.991. The minimum absolute atomic E-state index is 0.126. The topological polar surface area (TPSA) is 55.2 Å². The molecular weight excluding hydrogens is 322 g/mol. The van der Waals surface area contributed by atoms with Gasteiger partial charge in [-0.05, 0) is 38.2 Å². The van der Waals surface area contributed by atoms with Gasteiger partial charge in [-0.25, -0.2) is 4.98 Å². The van der Waals surface area contributed by atoms with Gasteiger partial charge in [0.1, 0.15) is 10.7 Å². The number of aromatic nitrogens is 2. The molecule has 0 aliphatic heterocycles. The lowest BCUT2D eigenvalue weighted by atomic mass is 9.93. The van der Waals surface area contributed by atoms with Crippen LogP contribution in [0.3, 0.4) is 0 Å². The molecule has 0 bridgehead atoms. The number of thiazole rings is 1. The molecule has 0 radical (unpaired) electrons. The van der Waals surface area contributed by atoms with E-state index >= 15 is 0 Å². The first kappa shape index (κ1) is 16.9. The highest BCUT2D eigenvalue weighted by molar-refractivity contribution is 7.11. The fourth-order valence-corrected chi connectivity index (χ4v) is 4.39. The van der Waals surface area contributed by atoms with E-state index in [1.54, 1.807) is 35.4 Å². The molecular formula is C18H23N3O2S. The molecule has 1 aliphatic carbocycles. The predicted molar refractivity (Wildman–Crippen MR) is 95.4 cm³/mol. The van der Waals surface area contributed by atoms with Crippen LogP contribution in [0.25, 0.3) is 0 Å². The van der Waals surface area contributed by atoms with Crippen molar-refractivity contribution in [2.75, 3.05) is 6.54 Å². The van der Waals surface area contributed by atoms with Crippen LogP contribution in [0, 0.1) is 5.92 Å². The summed E-state index contributed by atoms with van der Waals surface area (Å²) in [6.07, 6.45) is 3.33. The monoisotopic (exact) mass is 345 g/mol. The van der Waals surface area contributed by atoms with Crippen LogP contribution in [0.15, 0.2) is 23.0 Å². The molecule has 5 nitrogen and oxygen atoms in total. The van der Waals surface area contributed by atoms with Crippen molar-refractivity contribution in [1.82, 2.24) is 14.5 Å². The number of nitrogens with zero attached hydrogens (tertiary/aromatic N) is 3. The lowest BCUT2D eigenvalue weighted by Gasteiger charge is -2.20. The Balaban J connectivity index is 1.81. The van der Waals surface area contributed by atoms with Crippen molar-refractivity contribution < 1.29 is 4.79 Å². The maximum Gasteiger partial charge on any atom is 0.270 e. The van der Waals surface area contributed by atoms with Crippen LogP contribution < -0.4 is 5.56 Å². The zero-order valence-electron chi connectivity index (χ0n) is 14.4. The first-order valence-electron chi connectivity index (χ1n) is 8.42. The minimum atomic E-state index is -0.171. The van der Waals surface area contributed by atoms with Crippen molar-refractivity contribution in [2.45, 2.75) is 39.7 Å². The van der Waals surface area contributed by atoms with Gasteiger partial charge in [0.2, 0.25) is 0 Å². The molecule has 0 saturated heterocycles. The fourth-order valence-electron chi connectivity index (χ4n) is 3.09. The molecule has 0 saturated carbocycles. The lowest BCUT2D eigenvalue weighted by Crippen LogP contribution is -2.34. The average molecular weight is 345 g/mol. The highest BCUT2D eigenvalue weighted by Crippen LogP contribution is 2.30. The predicted octanol–water partition coefficient (Wildman–Crippen LogP) is 2.63. The van der Waals surface area contributed by atoms with Gasteiger partial charge in [0, 0.05) is 24.5 Å². The van der Waals surface area contributed by atoms with Crippen LogP contribution in [-0.4, -0.2) is 26.9 Å². The third kappa shape index (κ3) is 3.29. The molecule has 0 spiro atoms. The zero-order valence-corrected chi connectivity index (χ0v) is 15.2. The number of aryl methyl sites for hydroxylation is 1. The van der Waals surface area contributed by atoms with Gasteiger partial charge in [-0.15, -0.1) is 11.3 Å². The first-order chi connectivity index (χ1) is 11.5. The summed E-state index contributed by atoms with van der Waals surface area (Å²) in [6, 6.07) is 4.79. The third-order valence-electron chi connectivity index (χ3n) is 4.63. The highest BCUT2D eigenvalue weighted by atomic mass is 32.1. The van der Waals surface area contributed by atoms with Gasteiger partial charge in [0.25, 0.3) is 11.5 Å². The number of fused-ring (bicyclic) bond motifs is 1. The van der Waals surface area contributed by atoms with E-state index in [1.165, 1.54) is 27.6 Å². The number of hydrogen-bond donors (Lipinski definition) is 0. The van der Waals surface area contributed by atoms with Crippen LogP contribution in [0.2, 0.25) is 0 Å². The Kier molecular flexibility index (Phi) is 4.85. The SMILES string of the molecule is CCN(Cc1nc2c(s1)CC(C)CC2)C(=O)c1cccc(=O)n1C. The lowest BCUT2D eigenvalue weighted by molar-refractivity contribution is 0.0741. The summed E-state index contributed by atoms with van der Waals surface area (Å²) < 4.78 is 1.40. The molecule has 2 aromatic rings. The van der Waals surface area contributed by atoms with E-state index in [0.717, 1.165) is 17.8 Å². The number of amides is 1. The van der Waals surface area contributed by atoms with Gasteiger partial charge in [0.15, 0.2) is 0 Å². The maximum absolute atomic E-state index is 12.8. The summed E-state index contributed by atoms with van der Waals surface area (Å²) in [7, 11) is 1.63. The van der Waals surface area contributed by atoms with Crippen molar-refractivity contribution in [3.63, 3.8) is 0 Å². The van der Waals surface area contributed by atoms with Crippen molar-refractivity contribution in [1.29, 1.82) is 0 Å². The van der Waals surface area contributed by atoms with E-state index in [2.05, 4.69) is 6.92 Å². The Morgan fingerprint density at radius 2 is 2.25 bits per heavy atom. The summed E-state index contributed by atoms with van der Waals surface area (Å²) in [5.74, 6) is 0.591. The Bertz CT molecular complexity index is 809. The number of carbonyl (C=O) groups is 1. The second kappa shape index (κ2) is 6.89. The van der Waals surface area contributed by atoms with Gasteiger partial charge in [0.05, 0.1) is 12.2 Å². The fraction of sp³-hybridized carbons (Fsp3) is 0.500. The first-order valence-corrected chi connectivity index (χ1v) is 9.24. The van der Waals surface area contributed by atoms with Gasteiger partial charge in [-0.2, -0.15) is 0 Å². The van der Waals surface area contributed by atoms with Crippen molar-refractivity contribution in [3.8, 4) is 0 Å². The van der Waals surface area contributed by atoms with Crippen LogP contribution in [0.4, 0.5) is 0 Å². The van der Waals surface area contributed by atoms with Crippen molar-refractivity contribution in [2.24, 2.45) is 13.0 Å². The molecule has 1 amide bonds. The average Bonchev–Trinajstić information content (AvgIpc) is 2.96. The Morgan fingerprint density at radius 3 is 3.00 bits per heavy atom. The third-order valence-corrected chi connectivity index (χ3v) is 5.73. The number of pyridine rings is 1. The van der Waals surface area contributed by atoms with Crippen molar-refractivity contribution in [3.05, 3.63) is 49.8 Å². The quantitative estimate of drug-likeness (QED) is 0.856. The van der Waals surface area contributed by atoms with Crippen LogP contribution in [0.5, 0.6) is 0 Å². The molecule has 0 N–H and O–H groups in total. The van der Waals surface area contributed by atoms with Gasteiger partial charge in [-0.3, -0.25) is 9.59 Å². The molecule has 0 aromatic carbocycles. The largest absolute Gasteiger partial charge is 0.331 e. The molecule has 0 fully saturated rings. The van der Waals surface area contributed by atoms with Crippen LogP contribution in [0.1, 0.15) is 46.3 Å². The molecule has 3 rings (SSSR count). The summed E-state index contributed by atoms with van der Waals surface area (Å²) in [4.78, 5) is 32.4. The smallest absolute Gasteiger partial charge is 0.270 e. The van der Waals surface area contributed by atoms with Crippen LogP contribution in [-0.2, 0) is 26.4 Å². The van der Waals surface area contributed by atoms with E-state index < -0.39 is 0 Å². The second-order valence-corrected chi connectivity index (χ2v) is 7.62. The molecule has 2 heterocycles. The Hall–Kier alpha value is -1.95. The molecule has 1 unspecified atom stereocenters. The van der Waals surface area contributed by atoms with E-state index in [0.29, 0.717) is 24.7 Å². The second-order valence-electron chi connectivity index (χ2n) is 6.45. The number of hydrogen-bond acceptors (Lipinski definition) is 4. The standard InChI is InChI=1S/C18H23N3O2S/c1-4-21(18(23)14-6-5-7-17(22)20(14)3)11-16-19-13-9-8-12(2)10-15(13)24-16/h5-7,12H,4,8-11H2,1-3H3. The molecule has 24 heavy (non-hydrogen) atoms. The summed E-state index contributed by atoms with van der Waals surface area (Å²) >= 11 is 1.73. The van der Waals surface area contributed by atoms with Crippen molar-refractivity contribution >= 4 is 17.2 Å². The summed E-state index contributed by atoms with van der Waals surface area (Å²) in [6.45, 7) is 5.32. The minimum Gasteiger partial charge on any atom is -0.331 e. The van der Waals surface area contributed by atoms with E-state index in [-0.39, 0.29) is 11.5 Å². The number of rotatable bonds is 4. The van der Waals surface area contributed by atoms with E-state index in [4.69, 9.17) is 4.98 Å². The van der Waals surface area contributed by atoms with Gasteiger partial charge < -0.3 is 9.47 Å². The molecule has 2 aromatic heterocycles. The molecule has 1 aliphatic rings. The Morgan fingerprint density at radius 1 is 1.46 bits per heavy atom. The zero-order chi connectivity index (χ0) is 17.3. The summed E-state index contributed by atoms with van der Waals surface area (Å²) in [5.41, 5.74) is 1.46. The Labute approximate surface area is 146 Å². The van der Waals surface area contributed by atoms with Gasteiger partial charge >= 0.3 is 0 Å². The molecule has 1 atom stereocenters. The number of carbonyl (C=O) groups excluding carboxylic acids is 1. The normalized spacial score (nSPS) is 16.7. The van der Waals surface area contributed by atoms with Gasteiger partial charge in [-0.1, -0.05) is 13.0 Å². The molecule has 128 valence electrons. The molecule has 6 heteroatoms. The van der Waals surface area contributed by atoms with E-state index in [1.807, 2.05) is 6.92 Å². The van der Waals surface area contributed by atoms with E-state index in [9.17, 15) is 9.59 Å². The highest BCUT2D eigenvalue weighted by Gasteiger charge is 2.22.